The maximum Gasteiger partial charge on any atom is 0.254 e. The Kier molecular flexibility index (Phi) is 4.22. The Morgan fingerprint density at radius 2 is 2.11 bits per heavy atom. The zero-order chi connectivity index (χ0) is 13.8. The molecule has 0 spiro atoms. The molecule has 0 saturated carbocycles. The van der Waals surface area contributed by atoms with Gasteiger partial charge in [-0.2, -0.15) is 0 Å². The van der Waals surface area contributed by atoms with Crippen molar-refractivity contribution in [1.29, 1.82) is 0 Å². The molecular weight excluding hydrogens is 256 g/mol. The molecule has 19 heavy (non-hydrogen) atoms. The maximum absolute atomic E-state index is 12.5. The highest BCUT2D eigenvalue weighted by Crippen LogP contribution is 2.17. The topological polar surface area (TPSA) is 46.3 Å². The fourth-order valence-corrected chi connectivity index (χ4v) is 2.60. The van der Waals surface area contributed by atoms with Crippen molar-refractivity contribution in [3.8, 4) is 0 Å². The van der Waals surface area contributed by atoms with E-state index in [1.165, 1.54) is 4.88 Å². The SMILES string of the molecule is CC(C)N(Cc1cccs1)C(=O)c1cccc(N)c1. The van der Waals surface area contributed by atoms with Gasteiger partial charge in [0.15, 0.2) is 0 Å². The van der Waals surface area contributed by atoms with Crippen LogP contribution >= 0.6 is 11.3 Å². The molecule has 100 valence electrons. The van der Waals surface area contributed by atoms with Gasteiger partial charge in [-0.15, -0.1) is 11.3 Å². The fourth-order valence-electron chi connectivity index (χ4n) is 1.90. The minimum absolute atomic E-state index is 0.0238. The lowest BCUT2D eigenvalue weighted by Crippen LogP contribution is -2.36. The second kappa shape index (κ2) is 5.89. The molecule has 1 heterocycles. The quantitative estimate of drug-likeness (QED) is 0.869. The lowest BCUT2D eigenvalue weighted by atomic mass is 10.1. The van der Waals surface area contributed by atoms with E-state index in [1.54, 1.807) is 23.5 Å². The summed E-state index contributed by atoms with van der Waals surface area (Å²) in [6.45, 7) is 4.69. The molecule has 1 aromatic carbocycles. The zero-order valence-electron chi connectivity index (χ0n) is 11.2. The van der Waals surface area contributed by atoms with Crippen LogP contribution in [0, 0.1) is 0 Å². The number of anilines is 1. The van der Waals surface area contributed by atoms with Gasteiger partial charge in [0.25, 0.3) is 5.91 Å². The average molecular weight is 274 g/mol. The van der Waals surface area contributed by atoms with Crippen LogP contribution in [0.5, 0.6) is 0 Å². The third-order valence-electron chi connectivity index (χ3n) is 2.92. The Morgan fingerprint density at radius 1 is 1.32 bits per heavy atom. The molecule has 0 bridgehead atoms. The monoisotopic (exact) mass is 274 g/mol. The van der Waals surface area contributed by atoms with E-state index < -0.39 is 0 Å². The molecule has 1 aromatic heterocycles. The number of rotatable bonds is 4. The van der Waals surface area contributed by atoms with Crippen molar-refractivity contribution < 1.29 is 4.79 Å². The third-order valence-corrected chi connectivity index (χ3v) is 3.79. The van der Waals surface area contributed by atoms with Crippen molar-refractivity contribution in [3.05, 3.63) is 52.2 Å². The summed E-state index contributed by atoms with van der Waals surface area (Å²) >= 11 is 1.67. The van der Waals surface area contributed by atoms with Crippen LogP contribution in [0.3, 0.4) is 0 Å². The molecule has 3 nitrogen and oxygen atoms in total. The number of hydrogen-bond acceptors (Lipinski definition) is 3. The normalized spacial score (nSPS) is 10.7. The summed E-state index contributed by atoms with van der Waals surface area (Å²) in [5.74, 6) is 0.0238. The van der Waals surface area contributed by atoms with Crippen molar-refractivity contribution in [2.45, 2.75) is 26.4 Å². The number of hydrogen-bond donors (Lipinski definition) is 1. The standard InChI is InChI=1S/C15H18N2OS/c1-11(2)17(10-14-7-4-8-19-14)15(18)12-5-3-6-13(16)9-12/h3-9,11H,10,16H2,1-2H3. The molecular formula is C15H18N2OS. The first-order chi connectivity index (χ1) is 9.08. The molecule has 0 aliphatic rings. The van der Waals surface area contributed by atoms with Gasteiger partial charge in [0.1, 0.15) is 0 Å². The first-order valence-corrected chi connectivity index (χ1v) is 7.15. The molecule has 0 unspecified atom stereocenters. The van der Waals surface area contributed by atoms with Gasteiger partial charge >= 0.3 is 0 Å². The van der Waals surface area contributed by atoms with E-state index in [4.69, 9.17) is 5.73 Å². The molecule has 2 N–H and O–H groups in total. The van der Waals surface area contributed by atoms with Gasteiger partial charge in [0.2, 0.25) is 0 Å². The first kappa shape index (κ1) is 13.6. The molecule has 2 aromatic rings. The summed E-state index contributed by atoms with van der Waals surface area (Å²) in [5.41, 5.74) is 7.00. The van der Waals surface area contributed by atoms with Gasteiger partial charge in [0.05, 0.1) is 6.54 Å². The number of amides is 1. The molecule has 0 radical (unpaired) electrons. The summed E-state index contributed by atoms with van der Waals surface area (Å²) in [6.07, 6.45) is 0. The predicted molar refractivity (Wildman–Crippen MR) is 80.2 cm³/mol. The van der Waals surface area contributed by atoms with Crippen molar-refractivity contribution in [2.24, 2.45) is 0 Å². The first-order valence-electron chi connectivity index (χ1n) is 6.27. The van der Waals surface area contributed by atoms with E-state index in [9.17, 15) is 4.79 Å². The molecule has 1 amide bonds. The Bertz CT molecular complexity index is 549. The molecule has 0 aliphatic carbocycles. The molecule has 0 fully saturated rings. The van der Waals surface area contributed by atoms with Gasteiger partial charge in [-0.25, -0.2) is 0 Å². The predicted octanol–water partition coefficient (Wildman–Crippen LogP) is 3.38. The molecule has 0 saturated heterocycles. The Morgan fingerprint density at radius 3 is 2.68 bits per heavy atom. The van der Waals surface area contributed by atoms with Crippen LogP contribution in [-0.2, 0) is 6.54 Å². The van der Waals surface area contributed by atoms with E-state index in [1.807, 2.05) is 48.4 Å². The highest BCUT2D eigenvalue weighted by Gasteiger charge is 2.19. The van der Waals surface area contributed by atoms with Crippen LogP contribution < -0.4 is 5.73 Å². The molecule has 4 heteroatoms. The fraction of sp³-hybridized carbons (Fsp3) is 0.267. The van der Waals surface area contributed by atoms with Gasteiger partial charge < -0.3 is 10.6 Å². The van der Waals surface area contributed by atoms with Crippen molar-refractivity contribution in [1.82, 2.24) is 4.90 Å². The van der Waals surface area contributed by atoms with Gasteiger partial charge in [-0.05, 0) is 43.5 Å². The van der Waals surface area contributed by atoms with Gasteiger partial charge in [0, 0.05) is 22.2 Å². The Hall–Kier alpha value is -1.81. The van der Waals surface area contributed by atoms with Crippen molar-refractivity contribution >= 4 is 22.9 Å². The van der Waals surface area contributed by atoms with Crippen LogP contribution in [0.2, 0.25) is 0 Å². The highest BCUT2D eigenvalue weighted by atomic mass is 32.1. The number of carbonyl (C=O) groups is 1. The van der Waals surface area contributed by atoms with Crippen molar-refractivity contribution in [2.75, 3.05) is 5.73 Å². The van der Waals surface area contributed by atoms with Crippen LogP contribution in [0.25, 0.3) is 0 Å². The number of nitrogens with zero attached hydrogens (tertiary/aromatic N) is 1. The van der Waals surface area contributed by atoms with E-state index in [-0.39, 0.29) is 11.9 Å². The minimum atomic E-state index is 0.0238. The van der Waals surface area contributed by atoms with E-state index in [0.717, 1.165) is 0 Å². The summed E-state index contributed by atoms with van der Waals surface area (Å²) in [7, 11) is 0. The van der Waals surface area contributed by atoms with Gasteiger partial charge in [-0.1, -0.05) is 12.1 Å². The van der Waals surface area contributed by atoms with E-state index >= 15 is 0 Å². The second-order valence-corrected chi connectivity index (χ2v) is 5.76. The Labute approximate surface area is 117 Å². The lowest BCUT2D eigenvalue weighted by molar-refractivity contribution is 0.0692. The van der Waals surface area contributed by atoms with Crippen molar-refractivity contribution in [3.63, 3.8) is 0 Å². The molecule has 0 aliphatic heterocycles. The summed E-state index contributed by atoms with van der Waals surface area (Å²) in [6, 6.07) is 11.3. The number of carbonyl (C=O) groups excluding carboxylic acids is 1. The maximum atomic E-state index is 12.5. The van der Waals surface area contributed by atoms with Crippen LogP contribution in [0.4, 0.5) is 5.69 Å². The second-order valence-electron chi connectivity index (χ2n) is 4.73. The largest absolute Gasteiger partial charge is 0.399 e. The molecule has 0 atom stereocenters. The van der Waals surface area contributed by atoms with Crippen LogP contribution in [-0.4, -0.2) is 16.8 Å². The number of benzene rings is 1. The minimum Gasteiger partial charge on any atom is -0.399 e. The smallest absolute Gasteiger partial charge is 0.254 e. The number of nitrogens with two attached hydrogens (primary N) is 1. The van der Waals surface area contributed by atoms with Gasteiger partial charge in [-0.3, -0.25) is 4.79 Å². The Balaban J connectivity index is 2.21. The summed E-state index contributed by atoms with van der Waals surface area (Å²) in [5, 5.41) is 2.03. The summed E-state index contributed by atoms with van der Waals surface area (Å²) in [4.78, 5) is 15.6. The molecule has 2 rings (SSSR count). The number of nitrogen functional groups attached to an aromatic ring is 1. The van der Waals surface area contributed by atoms with Crippen LogP contribution in [0.1, 0.15) is 29.1 Å². The lowest BCUT2D eigenvalue weighted by Gasteiger charge is -2.26. The van der Waals surface area contributed by atoms with Crippen LogP contribution in [0.15, 0.2) is 41.8 Å². The third kappa shape index (κ3) is 3.35. The number of thiophene rings is 1. The van der Waals surface area contributed by atoms with E-state index in [0.29, 0.717) is 17.8 Å². The average Bonchev–Trinajstić information content (AvgIpc) is 2.87. The summed E-state index contributed by atoms with van der Waals surface area (Å²) < 4.78 is 0. The zero-order valence-corrected chi connectivity index (χ0v) is 12.0. The van der Waals surface area contributed by atoms with E-state index in [2.05, 4.69) is 0 Å². The highest BCUT2D eigenvalue weighted by molar-refractivity contribution is 7.09.